The number of alkyl halides is 2. The molecule has 6 rings (SSSR count). The fourth-order valence-corrected chi connectivity index (χ4v) is 5.38. The second kappa shape index (κ2) is 11.1. The SMILES string of the molecule is CN(C[C@H]1CCN(C(=O)c2ccncc2)C1)c1cc(-n2c(C(F)F)nc3ccccc32)nc(N2CCOCC2)n1. The van der Waals surface area contributed by atoms with E-state index in [4.69, 9.17) is 14.7 Å². The van der Waals surface area contributed by atoms with Crippen molar-refractivity contribution in [1.82, 2.24) is 29.4 Å². The van der Waals surface area contributed by atoms with Crippen LogP contribution in [0, 0.1) is 5.92 Å². The Morgan fingerprint density at radius 3 is 2.62 bits per heavy atom. The molecule has 0 spiro atoms. The van der Waals surface area contributed by atoms with Gasteiger partial charge in [-0.2, -0.15) is 9.97 Å². The van der Waals surface area contributed by atoms with E-state index >= 15 is 0 Å². The Bertz CT molecular complexity index is 1490. The molecule has 2 fully saturated rings. The van der Waals surface area contributed by atoms with Gasteiger partial charge in [0.15, 0.2) is 5.82 Å². The number of halogens is 2. The lowest BCUT2D eigenvalue weighted by Gasteiger charge is -2.29. The van der Waals surface area contributed by atoms with Crippen LogP contribution in [-0.4, -0.2) is 88.3 Å². The number of rotatable bonds is 7. The zero-order chi connectivity index (χ0) is 27.6. The number of ether oxygens (including phenoxy) is 1. The average Bonchev–Trinajstić information content (AvgIpc) is 3.62. The molecule has 1 atom stereocenters. The lowest BCUT2D eigenvalue weighted by molar-refractivity contribution is 0.0787. The molecule has 0 unspecified atom stereocenters. The summed E-state index contributed by atoms with van der Waals surface area (Å²) in [5.41, 5.74) is 1.66. The van der Waals surface area contributed by atoms with Gasteiger partial charge < -0.3 is 19.4 Å². The molecular formula is C28H30F2N8O2. The minimum absolute atomic E-state index is 0.00186. The third kappa shape index (κ3) is 5.18. The van der Waals surface area contributed by atoms with Gasteiger partial charge in [0.25, 0.3) is 12.3 Å². The van der Waals surface area contributed by atoms with Gasteiger partial charge in [0.05, 0.1) is 24.2 Å². The number of morpholine rings is 1. The number of carbonyl (C=O) groups is 1. The van der Waals surface area contributed by atoms with Gasteiger partial charge in [-0.15, -0.1) is 0 Å². The fourth-order valence-electron chi connectivity index (χ4n) is 5.38. The van der Waals surface area contributed by atoms with Gasteiger partial charge in [-0.05, 0) is 36.6 Å². The van der Waals surface area contributed by atoms with Crippen molar-refractivity contribution in [3.05, 3.63) is 66.2 Å². The molecule has 0 aliphatic carbocycles. The first-order chi connectivity index (χ1) is 19.5. The Balaban J connectivity index is 1.30. The monoisotopic (exact) mass is 548 g/mol. The zero-order valence-corrected chi connectivity index (χ0v) is 22.2. The van der Waals surface area contributed by atoms with Gasteiger partial charge in [-0.25, -0.2) is 13.8 Å². The number of likely N-dealkylation sites (tertiary alicyclic amines) is 1. The summed E-state index contributed by atoms with van der Waals surface area (Å²) < 4.78 is 35.2. The number of amides is 1. The third-order valence-electron chi connectivity index (χ3n) is 7.42. The van der Waals surface area contributed by atoms with E-state index in [9.17, 15) is 13.6 Å². The third-order valence-corrected chi connectivity index (χ3v) is 7.42. The van der Waals surface area contributed by atoms with Crippen LogP contribution in [-0.2, 0) is 4.74 Å². The van der Waals surface area contributed by atoms with Gasteiger partial charge in [-0.1, -0.05) is 12.1 Å². The van der Waals surface area contributed by atoms with E-state index in [1.54, 1.807) is 54.9 Å². The Hall–Kier alpha value is -4.19. The van der Waals surface area contributed by atoms with E-state index in [1.807, 2.05) is 21.7 Å². The second-order valence-corrected chi connectivity index (χ2v) is 10.1. The highest BCUT2D eigenvalue weighted by Crippen LogP contribution is 2.30. The number of nitrogens with zero attached hydrogens (tertiary/aromatic N) is 8. The topological polar surface area (TPSA) is 92.5 Å². The molecule has 2 aliphatic heterocycles. The van der Waals surface area contributed by atoms with E-state index in [2.05, 4.69) is 9.97 Å². The van der Waals surface area contributed by atoms with Crippen LogP contribution >= 0.6 is 0 Å². The quantitative estimate of drug-likeness (QED) is 0.346. The highest BCUT2D eigenvalue weighted by atomic mass is 19.3. The van der Waals surface area contributed by atoms with Crippen molar-refractivity contribution in [2.45, 2.75) is 12.8 Å². The smallest absolute Gasteiger partial charge is 0.296 e. The summed E-state index contributed by atoms with van der Waals surface area (Å²) in [6, 6.07) is 12.2. The Labute approximate surface area is 230 Å². The maximum absolute atomic E-state index is 14.2. The molecule has 2 saturated heterocycles. The molecule has 12 heteroatoms. The number of aromatic nitrogens is 5. The van der Waals surface area contributed by atoms with Crippen molar-refractivity contribution in [2.75, 3.05) is 62.8 Å². The lowest BCUT2D eigenvalue weighted by atomic mass is 10.1. The fraction of sp³-hybridized carbons (Fsp3) is 0.393. The molecule has 40 heavy (non-hydrogen) atoms. The number of pyridine rings is 1. The number of anilines is 2. The molecule has 0 radical (unpaired) electrons. The Morgan fingerprint density at radius 1 is 1.07 bits per heavy atom. The predicted octanol–water partition coefficient (Wildman–Crippen LogP) is 3.58. The predicted molar refractivity (Wildman–Crippen MR) is 146 cm³/mol. The average molecular weight is 549 g/mol. The standard InChI is InChI=1S/C28H30F2N8O2/c1-35(17-19-8-11-37(18-19)27(39)20-6-9-31-10-7-20)23-16-24(34-28(33-23)36-12-14-40-15-13-36)38-22-5-3-2-4-21(22)32-26(38)25(29)30/h2-7,9-10,16,19,25H,8,11-15,17-18H2,1H3/t19-/m1/s1. The Morgan fingerprint density at radius 2 is 1.85 bits per heavy atom. The van der Waals surface area contributed by atoms with Gasteiger partial charge in [0, 0.05) is 63.8 Å². The number of para-hydroxylation sites is 2. The molecule has 1 aromatic carbocycles. The maximum atomic E-state index is 14.2. The molecular weight excluding hydrogens is 518 g/mol. The van der Waals surface area contributed by atoms with Crippen LogP contribution in [0.1, 0.15) is 29.0 Å². The summed E-state index contributed by atoms with van der Waals surface area (Å²) in [6.45, 7) is 4.23. The van der Waals surface area contributed by atoms with Crippen molar-refractivity contribution in [2.24, 2.45) is 5.92 Å². The highest BCUT2D eigenvalue weighted by molar-refractivity contribution is 5.94. The van der Waals surface area contributed by atoms with Crippen LogP contribution in [0.25, 0.3) is 16.9 Å². The summed E-state index contributed by atoms with van der Waals surface area (Å²) in [4.78, 5) is 36.6. The van der Waals surface area contributed by atoms with Crippen LogP contribution in [0.3, 0.4) is 0 Å². The van der Waals surface area contributed by atoms with E-state index in [0.29, 0.717) is 80.1 Å². The molecule has 0 N–H and O–H groups in total. The van der Waals surface area contributed by atoms with Crippen molar-refractivity contribution in [1.29, 1.82) is 0 Å². The van der Waals surface area contributed by atoms with Crippen LogP contribution in [0.2, 0.25) is 0 Å². The van der Waals surface area contributed by atoms with Crippen molar-refractivity contribution in [3.8, 4) is 5.82 Å². The number of hydrogen-bond acceptors (Lipinski definition) is 8. The highest BCUT2D eigenvalue weighted by Gasteiger charge is 2.29. The molecule has 3 aromatic heterocycles. The first kappa shape index (κ1) is 26.1. The van der Waals surface area contributed by atoms with Crippen LogP contribution in [0.4, 0.5) is 20.5 Å². The van der Waals surface area contributed by atoms with Gasteiger partial charge in [-0.3, -0.25) is 14.3 Å². The molecule has 5 heterocycles. The first-order valence-electron chi connectivity index (χ1n) is 13.4. The molecule has 0 bridgehead atoms. The first-order valence-corrected chi connectivity index (χ1v) is 13.4. The molecule has 2 aliphatic rings. The van der Waals surface area contributed by atoms with E-state index in [0.717, 1.165) is 6.42 Å². The molecule has 208 valence electrons. The lowest BCUT2D eigenvalue weighted by Crippen LogP contribution is -2.38. The van der Waals surface area contributed by atoms with Crippen LogP contribution < -0.4 is 9.80 Å². The molecule has 4 aromatic rings. The largest absolute Gasteiger partial charge is 0.378 e. The van der Waals surface area contributed by atoms with Crippen LogP contribution in [0.5, 0.6) is 0 Å². The van der Waals surface area contributed by atoms with E-state index in [1.165, 1.54) is 4.57 Å². The zero-order valence-electron chi connectivity index (χ0n) is 22.2. The summed E-state index contributed by atoms with van der Waals surface area (Å²) in [5.74, 6) is 1.28. The summed E-state index contributed by atoms with van der Waals surface area (Å²) in [5, 5.41) is 0. The van der Waals surface area contributed by atoms with Crippen LogP contribution in [0.15, 0.2) is 54.9 Å². The van der Waals surface area contributed by atoms with E-state index in [-0.39, 0.29) is 17.6 Å². The van der Waals surface area contributed by atoms with Crippen molar-refractivity contribution >= 4 is 28.7 Å². The number of carbonyl (C=O) groups excluding carboxylic acids is 1. The van der Waals surface area contributed by atoms with Gasteiger partial charge >= 0.3 is 0 Å². The van der Waals surface area contributed by atoms with Gasteiger partial charge in [0.2, 0.25) is 5.95 Å². The number of fused-ring (bicyclic) bond motifs is 1. The number of benzene rings is 1. The molecule has 1 amide bonds. The minimum Gasteiger partial charge on any atom is -0.378 e. The molecule has 0 saturated carbocycles. The Kier molecular flexibility index (Phi) is 7.25. The summed E-state index contributed by atoms with van der Waals surface area (Å²) in [7, 11) is 1.93. The number of imidazole rings is 1. The normalized spacial score (nSPS) is 17.6. The van der Waals surface area contributed by atoms with Crippen molar-refractivity contribution in [3.63, 3.8) is 0 Å². The maximum Gasteiger partial charge on any atom is 0.296 e. The van der Waals surface area contributed by atoms with E-state index < -0.39 is 6.43 Å². The second-order valence-electron chi connectivity index (χ2n) is 10.1. The summed E-state index contributed by atoms with van der Waals surface area (Å²) >= 11 is 0. The summed E-state index contributed by atoms with van der Waals surface area (Å²) in [6.07, 6.45) is 1.32. The molecule has 10 nitrogen and oxygen atoms in total. The van der Waals surface area contributed by atoms with Crippen molar-refractivity contribution < 1.29 is 18.3 Å². The van der Waals surface area contributed by atoms with Gasteiger partial charge in [0.1, 0.15) is 11.6 Å². The minimum atomic E-state index is -2.78. The number of hydrogen-bond donors (Lipinski definition) is 0.